The van der Waals surface area contributed by atoms with Gasteiger partial charge in [-0.2, -0.15) is 4.37 Å². The molecule has 3 heterocycles. The summed E-state index contributed by atoms with van der Waals surface area (Å²) in [5.74, 6) is 1.01. The van der Waals surface area contributed by atoms with Gasteiger partial charge in [0.25, 0.3) is 0 Å². The maximum absolute atomic E-state index is 12.7. The summed E-state index contributed by atoms with van der Waals surface area (Å²) in [7, 11) is 0. The van der Waals surface area contributed by atoms with Crippen LogP contribution in [0.15, 0.2) is 36.4 Å². The minimum absolute atomic E-state index is 0. The van der Waals surface area contributed by atoms with Gasteiger partial charge < -0.3 is 19.7 Å². The molecule has 0 atom stereocenters. The van der Waals surface area contributed by atoms with Crippen LogP contribution in [-0.2, 0) is 27.1 Å². The molecule has 2 aliphatic rings. The van der Waals surface area contributed by atoms with Gasteiger partial charge in [0.2, 0.25) is 12.6 Å². The summed E-state index contributed by atoms with van der Waals surface area (Å²) in [6, 6.07) is 12.2. The highest BCUT2D eigenvalue weighted by atomic mass is 35.5. The molecular weight excluding hydrogens is 572 g/mol. The molecular formula is C32H46ClN4O4S+. The number of carbonyl (C=O) groups excluding carboxylic acids is 2. The molecule has 0 bridgehead atoms. The first-order valence-corrected chi connectivity index (χ1v) is 15.7. The molecule has 5 rings (SSSR count). The second kappa shape index (κ2) is 14.5. The van der Waals surface area contributed by atoms with Crippen molar-refractivity contribution in [3.8, 4) is 0 Å². The Morgan fingerprint density at radius 1 is 1.19 bits per heavy atom. The number of halogens is 1. The number of ether oxygens (including phenoxy) is 2. The zero-order chi connectivity index (χ0) is 29.6. The molecule has 2 aromatic carbocycles. The van der Waals surface area contributed by atoms with Gasteiger partial charge in [0.1, 0.15) is 5.60 Å². The van der Waals surface area contributed by atoms with Crippen molar-refractivity contribution in [3.63, 3.8) is 0 Å². The van der Waals surface area contributed by atoms with Crippen LogP contribution in [0.1, 0.15) is 66.0 Å². The van der Waals surface area contributed by atoms with Crippen LogP contribution < -0.4 is 10.2 Å². The summed E-state index contributed by atoms with van der Waals surface area (Å²) in [4.78, 5) is 26.9. The lowest BCUT2D eigenvalue weighted by molar-refractivity contribution is -0.944. The van der Waals surface area contributed by atoms with Crippen molar-refractivity contribution in [2.75, 3.05) is 49.7 Å². The Labute approximate surface area is 259 Å². The third-order valence-electron chi connectivity index (χ3n) is 7.77. The predicted molar refractivity (Wildman–Crippen MR) is 174 cm³/mol. The number of quaternary nitrogens is 1. The van der Waals surface area contributed by atoms with E-state index >= 15 is 0 Å². The third kappa shape index (κ3) is 7.94. The van der Waals surface area contributed by atoms with Crippen molar-refractivity contribution < 1.29 is 23.5 Å². The second-order valence-electron chi connectivity index (χ2n) is 11.2. The SMILES string of the molecule is C.CC.CCCC(C)(C)OC(=O)OC[N+]1(CCc2cc3c(cc2Cl)NC(=O)C3)CCN(c2nsc3ccccc23)CC1. The summed E-state index contributed by atoms with van der Waals surface area (Å²) in [5, 5.41) is 4.68. The van der Waals surface area contributed by atoms with Gasteiger partial charge >= 0.3 is 6.16 Å². The second-order valence-corrected chi connectivity index (χ2v) is 12.4. The van der Waals surface area contributed by atoms with E-state index in [0.29, 0.717) is 22.3 Å². The minimum Gasteiger partial charge on any atom is -0.428 e. The molecule has 1 aromatic heterocycles. The van der Waals surface area contributed by atoms with Crippen molar-refractivity contribution in [1.82, 2.24) is 4.37 Å². The molecule has 8 nitrogen and oxygen atoms in total. The van der Waals surface area contributed by atoms with Crippen LogP contribution in [0.3, 0.4) is 0 Å². The van der Waals surface area contributed by atoms with Crippen LogP contribution in [0.4, 0.5) is 16.3 Å². The molecule has 2 aliphatic heterocycles. The molecule has 0 aliphatic carbocycles. The molecule has 0 radical (unpaired) electrons. The maximum Gasteiger partial charge on any atom is 0.513 e. The summed E-state index contributed by atoms with van der Waals surface area (Å²) in [5.41, 5.74) is 2.21. The average molecular weight is 618 g/mol. The van der Waals surface area contributed by atoms with Crippen LogP contribution in [-0.4, -0.2) is 66.0 Å². The monoisotopic (exact) mass is 617 g/mol. The molecule has 0 unspecified atom stereocenters. The van der Waals surface area contributed by atoms with E-state index in [-0.39, 0.29) is 20.1 Å². The topological polar surface area (TPSA) is 80.8 Å². The van der Waals surface area contributed by atoms with E-state index in [1.807, 2.05) is 52.0 Å². The van der Waals surface area contributed by atoms with E-state index in [0.717, 1.165) is 68.2 Å². The molecule has 230 valence electrons. The molecule has 42 heavy (non-hydrogen) atoms. The van der Waals surface area contributed by atoms with Crippen LogP contribution in [0.25, 0.3) is 10.1 Å². The van der Waals surface area contributed by atoms with Crippen molar-refractivity contribution in [2.45, 2.75) is 73.3 Å². The van der Waals surface area contributed by atoms with Crippen molar-refractivity contribution in [2.24, 2.45) is 0 Å². The lowest BCUT2D eigenvalue weighted by Gasteiger charge is -2.44. The first-order chi connectivity index (χ1) is 19.7. The summed E-state index contributed by atoms with van der Waals surface area (Å²) < 4.78 is 17.9. The van der Waals surface area contributed by atoms with Crippen molar-refractivity contribution in [1.29, 1.82) is 0 Å². The Kier molecular flexibility index (Phi) is 11.6. The highest BCUT2D eigenvalue weighted by molar-refractivity contribution is 7.13. The van der Waals surface area contributed by atoms with Crippen LogP contribution in [0, 0.1) is 0 Å². The number of piperazine rings is 1. The predicted octanol–water partition coefficient (Wildman–Crippen LogP) is 7.68. The normalized spacial score (nSPS) is 15.7. The van der Waals surface area contributed by atoms with Gasteiger partial charge in [0.15, 0.2) is 5.82 Å². The lowest BCUT2D eigenvalue weighted by atomic mass is 10.0. The highest BCUT2D eigenvalue weighted by Crippen LogP contribution is 2.33. The Balaban J connectivity index is 0.00000158. The van der Waals surface area contributed by atoms with Crippen LogP contribution >= 0.6 is 23.1 Å². The number of nitrogens with zero attached hydrogens (tertiary/aromatic N) is 3. The number of hydrogen-bond acceptors (Lipinski definition) is 7. The largest absolute Gasteiger partial charge is 0.513 e. The number of fused-ring (bicyclic) bond motifs is 2. The standard InChI is InChI=1S/C29H35ClN4O4S.C2H6.CH4/c1-4-10-29(2,3)38-28(36)37-19-34(13-9-20-16-21-17-26(35)31-24(21)18-23(20)30)14-11-33(12-15-34)27-22-7-5-6-8-25(22)39-32-27;1-2;/h5-8,16,18H,4,9-15,17,19H2,1-3H3;1-2H3;1H4/p+1. The van der Waals surface area contributed by atoms with Crippen molar-refractivity contribution in [3.05, 3.63) is 52.5 Å². The third-order valence-corrected chi connectivity index (χ3v) is 8.94. The lowest BCUT2D eigenvalue weighted by Crippen LogP contribution is -2.61. The summed E-state index contributed by atoms with van der Waals surface area (Å²) >= 11 is 8.14. The number of rotatable bonds is 9. The fourth-order valence-electron chi connectivity index (χ4n) is 5.57. The average Bonchev–Trinajstić information content (AvgIpc) is 3.54. The maximum atomic E-state index is 12.7. The smallest absolute Gasteiger partial charge is 0.428 e. The van der Waals surface area contributed by atoms with E-state index in [9.17, 15) is 9.59 Å². The van der Waals surface area contributed by atoms with E-state index < -0.39 is 11.8 Å². The van der Waals surface area contributed by atoms with Crippen LogP contribution in [0.5, 0.6) is 0 Å². The zero-order valence-corrected chi connectivity index (χ0v) is 26.4. The van der Waals surface area contributed by atoms with Crippen LogP contribution in [0.2, 0.25) is 5.02 Å². The van der Waals surface area contributed by atoms with E-state index in [4.69, 9.17) is 25.4 Å². The van der Waals surface area contributed by atoms with Gasteiger partial charge in [-0.3, -0.25) is 9.28 Å². The highest BCUT2D eigenvalue weighted by Gasteiger charge is 2.36. The van der Waals surface area contributed by atoms with E-state index in [1.165, 1.54) is 21.6 Å². The number of anilines is 2. The molecule has 1 amide bonds. The molecule has 10 heteroatoms. The minimum atomic E-state index is -0.626. The van der Waals surface area contributed by atoms with E-state index in [2.05, 4.69) is 29.3 Å². The van der Waals surface area contributed by atoms with Gasteiger partial charge in [0, 0.05) is 22.5 Å². The summed E-state index contributed by atoms with van der Waals surface area (Å²) in [6.07, 6.45) is 2.15. The van der Waals surface area contributed by atoms with E-state index in [1.54, 1.807) is 0 Å². The summed E-state index contributed by atoms with van der Waals surface area (Å²) in [6.45, 7) is 14.0. The van der Waals surface area contributed by atoms with Gasteiger partial charge in [-0.15, -0.1) is 0 Å². The van der Waals surface area contributed by atoms with Crippen molar-refractivity contribution >= 4 is 56.8 Å². The molecule has 1 saturated heterocycles. The number of hydrogen-bond donors (Lipinski definition) is 1. The zero-order valence-electron chi connectivity index (χ0n) is 24.8. The first kappa shape index (κ1) is 33.6. The Hall–Kier alpha value is -2.88. The number of aromatic nitrogens is 1. The van der Waals surface area contributed by atoms with Gasteiger partial charge in [-0.25, -0.2) is 4.79 Å². The fraction of sp³-hybridized carbons (Fsp3) is 0.531. The number of amides is 1. The molecule has 0 spiro atoms. The first-order valence-electron chi connectivity index (χ1n) is 14.6. The molecule has 1 N–H and O–H groups in total. The fourth-order valence-corrected chi connectivity index (χ4v) is 6.62. The Morgan fingerprint density at radius 2 is 1.90 bits per heavy atom. The molecule has 3 aromatic rings. The number of benzene rings is 2. The Morgan fingerprint density at radius 3 is 2.62 bits per heavy atom. The van der Waals surface area contributed by atoms with Gasteiger partial charge in [0.05, 0.1) is 43.8 Å². The number of nitrogens with one attached hydrogen (secondary N) is 1. The molecule has 0 saturated carbocycles. The molecule has 1 fully saturated rings. The quantitative estimate of drug-likeness (QED) is 0.196. The van der Waals surface area contributed by atoms with Gasteiger partial charge in [-0.1, -0.05) is 64.4 Å². The Bertz CT molecular complexity index is 1370. The van der Waals surface area contributed by atoms with Gasteiger partial charge in [-0.05, 0) is 61.1 Å². The number of carbonyl (C=O) groups is 2.